The zero-order valence-corrected chi connectivity index (χ0v) is 16.3. The summed E-state index contributed by atoms with van der Waals surface area (Å²) in [5, 5.41) is 4.27. The van der Waals surface area contributed by atoms with Crippen molar-refractivity contribution in [2.45, 2.75) is 6.92 Å². The fourth-order valence-electron chi connectivity index (χ4n) is 2.45. The number of rotatable bonds is 7. The zero-order valence-electron chi connectivity index (χ0n) is 15.5. The van der Waals surface area contributed by atoms with E-state index in [0.29, 0.717) is 17.1 Å². The highest BCUT2D eigenvalue weighted by Gasteiger charge is 2.14. The van der Waals surface area contributed by atoms with Gasteiger partial charge in [-0.1, -0.05) is 0 Å². The number of methoxy groups -OCH3 is 1. The number of hydrogen-bond acceptors (Lipinski definition) is 6. The number of halogens is 2. The molecule has 2 aromatic carbocycles. The summed E-state index contributed by atoms with van der Waals surface area (Å²) in [6.07, 6.45) is 0. The van der Waals surface area contributed by atoms with Crippen molar-refractivity contribution >= 4 is 28.2 Å². The summed E-state index contributed by atoms with van der Waals surface area (Å²) in [7, 11) is 1.43. The molecule has 0 aliphatic heterocycles. The van der Waals surface area contributed by atoms with Crippen LogP contribution in [0.4, 0.5) is 13.9 Å². The molecule has 1 N–H and O–H groups in total. The molecule has 1 heterocycles. The van der Waals surface area contributed by atoms with E-state index in [1.165, 1.54) is 31.5 Å². The van der Waals surface area contributed by atoms with E-state index >= 15 is 0 Å². The number of hydrogen-bond donors (Lipinski definition) is 1. The van der Waals surface area contributed by atoms with E-state index < -0.39 is 17.5 Å². The average molecular weight is 418 g/mol. The third-order valence-corrected chi connectivity index (χ3v) is 4.64. The molecule has 0 aliphatic rings. The van der Waals surface area contributed by atoms with Gasteiger partial charge < -0.3 is 9.47 Å². The monoisotopic (exact) mass is 418 g/mol. The van der Waals surface area contributed by atoms with Crippen LogP contribution in [-0.2, 0) is 4.79 Å². The Morgan fingerprint density at radius 1 is 1.14 bits per heavy atom. The first kappa shape index (κ1) is 20.4. The predicted molar refractivity (Wildman–Crippen MR) is 105 cm³/mol. The number of carbonyl (C=O) groups is 2. The van der Waals surface area contributed by atoms with Crippen molar-refractivity contribution in [2.75, 3.05) is 19.0 Å². The van der Waals surface area contributed by atoms with Crippen LogP contribution in [-0.4, -0.2) is 30.4 Å². The van der Waals surface area contributed by atoms with E-state index in [0.717, 1.165) is 29.5 Å². The van der Waals surface area contributed by atoms with Crippen LogP contribution in [0.5, 0.6) is 11.5 Å². The van der Waals surface area contributed by atoms with Crippen LogP contribution in [0.2, 0.25) is 0 Å². The maximum absolute atomic E-state index is 13.8. The Morgan fingerprint density at radius 2 is 1.93 bits per heavy atom. The van der Waals surface area contributed by atoms with Crippen molar-refractivity contribution < 1.29 is 27.8 Å². The number of aromatic nitrogens is 1. The highest BCUT2D eigenvalue weighted by molar-refractivity contribution is 7.14. The number of ketones is 1. The SMILES string of the molecule is COc1cc(C(C)=O)ccc1OCC(=O)Nc1nc(-c2cc(F)ccc2F)cs1. The highest BCUT2D eigenvalue weighted by Crippen LogP contribution is 2.29. The molecule has 1 amide bonds. The Kier molecular flexibility index (Phi) is 6.18. The van der Waals surface area contributed by atoms with Gasteiger partial charge in [-0.2, -0.15) is 0 Å². The van der Waals surface area contributed by atoms with Crippen molar-refractivity contribution in [2.24, 2.45) is 0 Å². The van der Waals surface area contributed by atoms with Crippen molar-refractivity contribution in [1.29, 1.82) is 0 Å². The van der Waals surface area contributed by atoms with Crippen molar-refractivity contribution in [3.05, 3.63) is 59.0 Å². The molecule has 0 radical (unpaired) electrons. The second-order valence-corrected chi connectivity index (χ2v) is 6.78. The molecule has 6 nitrogen and oxygen atoms in total. The fraction of sp³-hybridized carbons (Fsp3) is 0.150. The van der Waals surface area contributed by atoms with Crippen LogP contribution in [0.15, 0.2) is 41.8 Å². The number of benzene rings is 2. The van der Waals surface area contributed by atoms with Gasteiger partial charge in [-0.3, -0.25) is 14.9 Å². The molecule has 0 spiro atoms. The minimum atomic E-state index is -0.612. The van der Waals surface area contributed by atoms with Gasteiger partial charge in [0.2, 0.25) is 0 Å². The van der Waals surface area contributed by atoms with E-state index in [9.17, 15) is 18.4 Å². The van der Waals surface area contributed by atoms with Gasteiger partial charge in [-0.25, -0.2) is 13.8 Å². The van der Waals surface area contributed by atoms with Crippen LogP contribution in [0, 0.1) is 11.6 Å². The van der Waals surface area contributed by atoms with Gasteiger partial charge in [-0.05, 0) is 43.3 Å². The highest BCUT2D eigenvalue weighted by atomic mass is 32.1. The minimum Gasteiger partial charge on any atom is -0.493 e. The number of anilines is 1. The van der Waals surface area contributed by atoms with Gasteiger partial charge in [0.05, 0.1) is 12.8 Å². The molecule has 29 heavy (non-hydrogen) atoms. The maximum atomic E-state index is 13.8. The molecule has 0 unspecified atom stereocenters. The third-order valence-electron chi connectivity index (χ3n) is 3.88. The first-order valence-corrected chi connectivity index (χ1v) is 9.28. The molecule has 0 saturated heterocycles. The van der Waals surface area contributed by atoms with Crippen LogP contribution in [0.3, 0.4) is 0 Å². The largest absolute Gasteiger partial charge is 0.493 e. The smallest absolute Gasteiger partial charge is 0.264 e. The maximum Gasteiger partial charge on any atom is 0.264 e. The Hall–Kier alpha value is -3.33. The van der Waals surface area contributed by atoms with E-state index in [1.807, 2.05) is 0 Å². The molecule has 0 fully saturated rings. The number of nitrogens with zero attached hydrogens (tertiary/aromatic N) is 1. The van der Waals surface area contributed by atoms with Crippen molar-refractivity contribution in [1.82, 2.24) is 4.98 Å². The first-order chi connectivity index (χ1) is 13.9. The lowest BCUT2D eigenvalue weighted by Crippen LogP contribution is -2.20. The molecule has 3 rings (SSSR count). The molecule has 3 aromatic rings. The summed E-state index contributed by atoms with van der Waals surface area (Å²) >= 11 is 1.07. The summed E-state index contributed by atoms with van der Waals surface area (Å²) in [5.74, 6) is -1.19. The number of amides is 1. The van der Waals surface area contributed by atoms with E-state index in [-0.39, 0.29) is 28.8 Å². The van der Waals surface area contributed by atoms with Crippen LogP contribution in [0.1, 0.15) is 17.3 Å². The summed E-state index contributed by atoms with van der Waals surface area (Å²) in [5.41, 5.74) is 0.677. The van der Waals surface area contributed by atoms with Crippen LogP contribution < -0.4 is 14.8 Å². The Morgan fingerprint density at radius 3 is 2.66 bits per heavy atom. The quantitative estimate of drug-likeness (QED) is 0.579. The van der Waals surface area contributed by atoms with Gasteiger partial charge in [0.25, 0.3) is 5.91 Å². The number of ether oxygens (including phenoxy) is 2. The van der Waals surface area contributed by atoms with Gasteiger partial charge in [0.15, 0.2) is 29.0 Å². The molecule has 0 atom stereocenters. The van der Waals surface area contributed by atoms with Crippen molar-refractivity contribution in [3.63, 3.8) is 0 Å². The predicted octanol–water partition coefficient (Wildman–Crippen LogP) is 4.32. The molecule has 150 valence electrons. The first-order valence-electron chi connectivity index (χ1n) is 8.40. The van der Waals surface area contributed by atoms with Crippen molar-refractivity contribution in [3.8, 4) is 22.8 Å². The summed E-state index contributed by atoms with van der Waals surface area (Å²) in [6.45, 7) is 1.10. The zero-order chi connectivity index (χ0) is 21.0. The molecule has 0 bridgehead atoms. The Labute approximate surface area is 169 Å². The molecule has 0 aliphatic carbocycles. The van der Waals surface area contributed by atoms with E-state index in [2.05, 4.69) is 10.3 Å². The fourth-order valence-corrected chi connectivity index (χ4v) is 3.18. The number of nitrogens with one attached hydrogen (secondary N) is 1. The average Bonchev–Trinajstić information content (AvgIpc) is 3.16. The summed E-state index contributed by atoms with van der Waals surface area (Å²) < 4.78 is 37.8. The summed E-state index contributed by atoms with van der Waals surface area (Å²) in [6, 6.07) is 7.70. The lowest BCUT2D eigenvalue weighted by atomic mass is 10.1. The van der Waals surface area contributed by atoms with Gasteiger partial charge >= 0.3 is 0 Å². The third kappa shape index (κ3) is 4.94. The molecular formula is C20H16F2N2O4S. The lowest BCUT2D eigenvalue weighted by Gasteiger charge is -2.11. The normalized spacial score (nSPS) is 10.5. The molecule has 0 saturated carbocycles. The number of Topliss-reactive ketones (excluding diaryl/α,β-unsaturated/α-hetero) is 1. The molecule has 9 heteroatoms. The van der Waals surface area contributed by atoms with Crippen LogP contribution >= 0.6 is 11.3 Å². The van der Waals surface area contributed by atoms with E-state index in [4.69, 9.17) is 9.47 Å². The molecular weight excluding hydrogens is 402 g/mol. The minimum absolute atomic E-state index is 0.00768. The second kappa shape index (κ2) is 8.78. The molecule has 1 aromatic heterocycles. The number of carbonyl (C=O) groups excluding carboxylic acids is 2. The van der Waals surface area contributed by atoms with Gasteiger partial charge in [0.1, 0.15) is 11.6 Å². The van der Waals surface area contributed by atoms with Gasteiger partial charge in [0, 0.05) is 16.5 Å². The lowest BCUT2D eigenvalue weighted by molar-refractivity contribution is -0.118. The topological polar surface area (TPSA) is 77.5 Å². The Balaban J connectivity index is 1.64. The second-order valence-electron chi connectivity index (χ2n) is 5.92. The Bertz CT molecular complexity index is 1070. The van der Waals surface area contributed by atoms with E-state index in [1.54, 1.807) is 6.07 Å². The van der Waals surface area contributed by atoms with Gasteiger partial charge in [-0.15, -0.1) is 11.3 Å². The summed E-state index contributed by atoms with van der Waals surface area (Å²) in [4.78, 5) is 27.7. The van der Waals surface area contributed by atoms with Crippen LogP contribution in [0.25, 0.3) is 11.3 Å². The number of thiazole rings is 1. The standard InChI is InChI=1S/C20H16F2N2O4S/c1-11(25)12-3-6-17(18(7-12)27-2)28-9-19(26)24-20-23-16(10-29-20)14-8-13(21)4-5-15(14)22/h3-8,10H,9H2,1-2H3,(H,23,24,26).